The maximum atomic E-state index is 12.5. The van der Waals surface area contributed by atoms with Gasteiger partial charge in [0.15, 0.2) is 0 Å². The molecule has 1 amide bonds. The molecular weight excluding hydrogens is 330 g/mol. The SMILES string of the molecule is Cc1cnc(C(=O)N2CCC(Cn3cnc(C4CC4)cc3=O)CC2)cn1. The summed E-state index contributed by atoms with van der Waals surface area (Å²) in [5.41, 5.74) is 2.17. The van der Waals surface area contributed by atoms with Crippen molar-refractivity contribution in [2.24, 2.45) is 5.92 Å². The molecule has 4 rings (SSSR count). The topological polar surface area (TPSA) is 81.0 Å². The van der Waals surface area contributed by atoms with E-state index >= 15 is 0 Å². The van der Waals surface area contributed by atoms with Crippen molar-refractivity contribution in [1.29, 1.82) is 0 Å². The minimum Gasteiger partial charge on any atom is -0.337 e. The molecule has 1 aliphatic heterocycles. The number of piperidine rings is 1. The number of amides is 1. The Labute approximate surface area is 152 Å². The summed E-state index contributed by atoms with van der Waals surface area (Å²) in [5, 5.41) is 0. The van der Waals surface area contributed by atoms with E-state index in [1.165, 1.54) is 6.20 Å². The van der Waals surface area contributed by atoms with Gasteiger partial charge in [0.05, 0.1) is 23.9 Å². The summed E-state index contributed by atoms with van der Waals surface area (Å²) < 4.78 is 1.71. The summed E-state index contributed by atoms with van der Waals surface area (Å²) in [4.78, 5) is 39.4. The van der Waals surface area contributed by atoms with Crippen molar-refractivity contribution in [3.63, 3.8) is 0 Å². The molecule has 0 N–H and O–H groups in total. The van der Waals surface area contributed by atoms with E-state index in [1.807, 2.05) is 11.8 Å². The van der Waals surface area contributed by atoms with E-state index in [9.17, 15) is 9.59 Å². The first-order valence-electron chi connectivity index (χ1n) is 9.24. The Balaban J connectivity index is 1.34. The third-order valence-corrected chi connectivity index (χ3v) is 5.25. The molecule has 0 atom stereocenters. The van der Waals surface area contributed by atoms with Gasteiger partial charge in [-0.1, -0.05) is 0 Å². The van der Waals surface area contributed by atoms with Crippen LogP contribution in [-0.4, -0.2) is 43.4 Å². The third kappa shape index (κ3) is 3.66. The molecule has 1 saturated carbocycles. The van der Waals surface area contributed by atoms with Gasteiger partial charge in [-0.25, -0.2) is 9.97 Å². The van der Waals surface area contributed by atoms with Crippen molar-refractivity contribution in [3.05, 3.63) is 52.2 Å². The van der Waals surface area contributed by atoms with E-state index in [0.717, 1.165) is 37.1 Å². The Morgan fingerprint density at radius 2 is 1.88 bits per heavy atom. The average molecular weight is 353 g/mol. The van der Waals surface area contributed by atoms with Crippen LogP contribution in [0.15, 0.2) is 29.6 Å². The molecule has 0 radical (unpaired) electrons. The van der Waals surface area contributed by atoms with E-state index in [2.05, 4.69) is 15.0 Å². The van der Waals surface area contributed by atoms with Gasteiger partial charge in [-0.15, -0.1) is 0 Å². The zero-order chi connectivity index (χ0) is 18.1. The molecule has 7 heteroatoms. The molecular formula is C19H23N5O2. The van der Waals surface area contributed by atoms with E-state index in [4.69, 9.17) is 0 Å². The molecule has 2 aliphatic rings. The molecule has 2 aromatic heterocycles. The first-order chi connectivity index (χ1) is 12.6. The molecule has 1 aliphatic carbocycles. The van der Waals surface area contributed by atoms with Crippen LogP contribution in [0.2, 0.25) is 0 Å². The highest BCUT2D eigenvalue weighted by Crippen LogP contribution is 2.38. The predicted molar refractivity (Wildman–Crippen MR) is 95.9 cm³/mol. The lowest BCUT2D eigenvalue weighted by atomic mass is 9.96. The van der Waals surface area contributed by atoms with E-state index < -0.39 is 0 Å². The summed E-state index contributed by atoms with van der Waals surface area (Å²) in [5.74, 6) is 0.814. The Kier molecular flexibility index (Phi) is 4.53. The van der Waals surface area contributed by atoms with E-state index in [-0.39, 0.29) is 11.5 Å². The van der Waals surface area contributed by atoms with Gasteiger partial charge in [0.25, 0.3) is 11.5 Å². The molecule has 0 spiro atoms. The summed E-state index contributed by atoms with van der Waals surface area (Å²) in [6.45, 7) is 3.88. The number of hydrogen-bond donors (Lipinski definition) is 0. The average Bonchev–Trinajstić information content (AvgIpc) is 3.49. The number of aromatic nitrogens is 4. The molecule has 2 aromatic rings. The van der Waals surface area contributed by atoms with Crippen LogP contribution in [0.5, 0.6) is 0 Å². The molecule has 26 heavy (non-hydrogen) atoms. The Hall–Kier alpha value is -2.57. The van der Waals surface area contributed by atoms with Crippen LogP contribution in [0, 0.1) is 12.8 Å². The fraction of sp³-hybridized carbons (Fsp3) is 0.526. The number of rotatable bonds is 4. The first-order valence-corrected chi connectivity index (χ1v) is 9.24. The molecule has 2 fully saturated rings. The monoisotopic (exact) mass is 353 g/mol. The van der Waals surface area contributed by atoms with E-state index in [1.54, 1.807) is 23.2 Å². The fourth-order valence-electron chi connectivity index (χ4n) is 3.44. The van der Waals surface area contributed by atoms with Gasteiger partial charge < -0.3 is 4.90 Å². The van der Waals surface area contributed by atoms with Crippen LogP contribution in [0.3, 0.4) is 0 Å². The maximum absolute atomic E-state index is 12.5. The minimum absolute atomic E-state index is 0.0373. The molecule has 136 valence electrons. The van der Waals surface area contributed by atoms with Crippen molar-refractivity contribution in [3.8, 4) is 0 Å². The van der Waals surface area contributed by atoms with Crippen LogP contribution in [-0.2, 0) is 6.54 Å². The number of hydrogen-bond acceptors (Lipinski definition) is 5. The number of carbonyl (C=O) groups is 1. The second-order valence-corrected chi connectivity index (χ2v) is 7.36. The lowest BCUT2D eigenvalue weighted by Gasteiger charge is -2.32. The Morgan fingerprint density at radius 3 is 2.50 bits per heavy atom. The minimum atomic E-state index is -0.0661. The van der Waals surface area contributed by atoms with Gasteiger partial charge in [0.1, 0.15) is 5.69 Å². The molecule has 0 aromatic carbocycles. The summed E-state index contributed by atoms with van der Waals surface area (Å²) in [6, 6.07) is 1.69. The van der Waals surface area contributed by atoms with Crippen molar-refractivity contribution >= 4 is 5.91 Å². The normalized spacial score (nSPS) is 18.1. The van der Waals surface area contributed by atoms with Crippen LogP contribution in [0.25, 0.3) is 0 Å². The quantitative estimate of drug-likeness (QED) is 0.837. The summed E-state index contributed by atoms with van der Waals surface area (Å²) in [6.07, 6.45) is 8.89. The second-order valence-electron chi connectivity index (χ2n) is 7.36. The van der Waals surface area contributed by atoms with E-state index in [0.29, 0.717) is 37.2 Å². The smallest absolute Gasteiger partial charge is 0.274 e. The van der Waals surface area contributed by atoms with Gasteiger partial charge in [-0.2, -0.15) is 0 Å². The Morgan fingerprint density at radius 1 is 1.12 bits per heavy atom. The number of nitrogens with zero attached hydrogens (tertiary/aromatic N) is 5. The lowest BCUT2D eigenvalue weighted by Crippen LogP contribution is -2.40. The van der Waals surface area contributed by atoms with Crippen molar-refractivity contribution < 1.29 is 4.79 Å². The highest BCUT2D eigenvalue weighted by Gasteiger charge is 2.27. The summed E-state index contributed by atoms with van der Waals surface area (Å²) in [7, 11) is 0. The standard InChI is InChI=1S/C19H23N5O2/c1-13-9-21-17(10-20-13)19(26)23-6-4-14(5-7-23)11-24-12-22-16(8-18(24)25)15-2-3-15/h8-10,12,14-15H,2-7,11H2,1H3. The predicted octanol–water partition coefficient (Wildman–Crippen LogP) is 1.77. The molecule has 1 saturated heterocycles. The third-order valence-electron chi connectivity index (χ3n) is 5.25. The Bertz CT molecular complexity index is 849. The largest absolute Gasteiger partial charge is 0.337 e. The zero-order valence-electron chi connectivity index (χ0n) is 15.0. The van der Waals surface area contributed by atoms with Gasteiger partial charge in [0.2, 0.25) is 0 Å². The second kappa shape index (κ2) is 6.97. The van der Waals surface area contributed by atoms with Crippen molar-refractivity contribution in [2.75, 3.05) is 13.1 Å². The van der Waals surface area contributed by atoms with Crippen molar-refractivity contribution in [1.82, 2.24) is 24.4 Å². The molecule has 7 nitrogen and oxygen atoms in total. The van der Waals surface area contributed by atoms with Crippen molar-refractivity contribution in [2.45, 2.75) is 45.1 Å². The van der Waals surface area contributed by atoms with Crippen LogP contribution in [0.4, 0.5) is 0 Å². The highest BCUT2D eigenvalue weighted by molar-refractivity contribution is 5.92. The molecule has 0 bridgehead atoms. The van der Waals surface area contributed by atoms with Crippen LogP contribution in [0.1, 0.15) is 53.5 Å². The first kappa shape index (κ1) is 16.9. The maximum Gasteiger partial charge on any atom is 0.274 e. The van der Waals surface area contributed by atoms with Gasteiger partial charge in [0, 0.05) is 37.8 Å². The van der Waals surface area contributed by atoms with Gasteiger partial charge >= 0.3 is 0 Å². The zero-order valence-corrected chi connectivity index (χ0v) is 15.0. The number of aryl methyl sites for hydroxylation is 1. The lowest BCUT2D eigenvalue weighted by molar-refractivity contribution is 0.0675. The summed E-state index contributed by atoms with van der Waals surface area (Å²) >= 11 is 0. The fourth-order valence-corrected chi connectivity index (χ4v) is 3.44. The van der Waals surface area contributed by atoms with Crippen LogP contribution < -0.4 is 5.56 Å². The number of likely N-dealkylation sites (tertiary alicyclic amines) is 1. The number of carbonyl (C=O) groups excluding carboxylic acids is 1. The van der Waals surface area contributed by atoms with Gasteiger partial charge in [-0.05, 0) is 38.5 Å². The van der Waals surface area contributed by atoms with Crippen LogP contribution >= 0.6 is 0 Å². The highest BCUT2D eigenvalue weighted by atomic mass is 16.2. The van der Waals surface area contributed by atoms with Gasteiger partial charge in [-0.3, -0.25) is 19.1 Å². The molecule has 3 heterocycles. The molecule has 0 unspecified atom stereocenters.